The van der Waals surface area contributed by atoms with Gasteiger partial charge in [-0.25, -0.2) is 0 Å². The molecule has 1 amide bonds. The Kier molecular flexibility index (Phi) is 5.35. The number of hydrogen-bond acceptors (Lipinski definition) is 3. The molecule has 0 saturated carbocycles. The summed E-state index contributed by atoms with van der Waals surface area (Å²) in [6, 6.07) is 5.45. The van der Waals surface area contributed by atoms with Gasteiger partial charge in [-0.1, -0.05) is 25.4 Å². The molecule has 3 nitrogen and oxygen atoms in total. The number of hydrogen-bond donors (Lipinski definition) is 2. The van der Waals surface area contributed by atoms with Crippen LogP contribution in [0.4, 0.5) is 0 Å². The van der Waals surface area contributed by atoms with Crippen molar-refractivity contribution in [3.63, 3.8) is 0 Å². The predicted molar refractivity (Wildman–Crippen MR) is 85.1 cm³/mol. The predicted octanol–water partition coefficient (Wildman–Crippen LogP) is 3.37. The molecule has 2 unspecified atom stereocenters. The van der Waals surface area contributed by atoms with E-state index < -0.39 is 6.04 Å². The van der Waals surface area contributed by atoms with E-state index >= 15 is 0 Å². The van der Waals surface area contributed by atoms with Crippen LogP contribution < -0.4 is 11.1 Å². The Morgan fingerprint density at radius 1 is 1.55 bits per heavy atom. The molecule has 20 heavy (non-hydrogen) atoms. The van der Waals surface area contributed by atoms with Crippen LogP contribution in [-0.2, 0) is 4.79 Å². The molecular weight excluding hydrogens is 292 g/mol. The normalized spacial score (nSPS) is 19.6. The number of rotatable bonds is 4. The quantitative estimate of drug-likeness (QED) is 0.896. The highest BCUT2D eigenvalue weighted by molar-refractivity contribution is 7.99. The van der Waals surface area contributed by atoms with E-state index in [0.717, 1.165) is 17.7 Å². The number of thioether (sulfide) groups is 1. The lowest BCUT2D eigenvalue weighted by atomic mass is 10.0. The van der Waals surface area contributed by atoms with E-state index in [-0.39, 0.29) is 11.9 Å². The molecular formula is C15H21ClN2OS. The second-order valence-corrected chi connectivity index (χ2v) is 7.19. The third-order valence-corrected chi connectivity index (χ3v) is 4.75. The van der Waals surface area contributed by atoms with Crippen LogP contribution in [0.2, 0.25) is 5.02 Å². The summed E-state index contributed by atoms with van der Waals surface area (Å²) >= 11 is 7.87. The number of nitrogens with one attached hydrogen (secondary N) is 1. The molecule has 0 aliphatic carbocycles. The zero-order valence-corrected chi connectivity index (χ0v) is 13.4. The first kappa shape index (κ1) is 15.7. The molecule has 110 valence electrons. The third-order valence-electron chi connectivity index (χ3n) is 3.39. The number of fused-ring (bicyclic) bond motifs is 1. The largest absolute Gasteiger partial charge is 0.348 e. The molecule has 0 radical (unpaired) electrons. The molecule has 5 heteroatoms. The lowest BCUT2D eigenvalue weighted by molar-refractivity contribution is -0.123. The monoisotopic (exact) mass is 312 g/mol. The van der Waals surface area contributed by atoms with E-state index in [1.165, 1.54) is 4.90 Å². The van der Waals surface area contributed by atoms with E-state index in [1.807, 2.05) is 18.2 Å². The van der Waals surface area contributed by atoms with Gasteiger partial charge in [0.25, 0.3) is 0 Å². The van der Waals surface area contributed by atoms with Crippen molar-refractivity contribution in [1.29, 1.82) is 0 Å². The van der Waals surface area contributed by atoms with Gasteiger partial charge in [-0.05, 0) is 42.5 Å². The Morgan fingerprint density at radius 3 is 3.00 bits per heavy atom. The average molecular weight is 313 g/mol. The number of carbonyl (C=O) groups is 1. The maximum atomic E-state index is 12.2. The van der Waals surface area contributed by atoms with E-state index in [2.05, 4.69) is 19.2 Å². The first-order valence-electron chi connectivity index (χ1n) is 6.95. The average Bonchev–Trinajstić information content (AvgIpc) is 2.38. The van der Waals surface area contributed by atoms with Crippen molar-refractivity contribution in [3.05, 3.63) is 28.8 Å². The fourth-order valence-electron chi connectivity index (χ4n) is 2.41. The molecule has 1 heterocycles. The molecule has 0 spiro atoms. The Bertz CT molecular complexity index is 493. The third kappa shape index (κ3) is 3.90. The van der Waals surface area contributed by atoms with Crippen molar-refractivity contribution >= 4 is 29.3 Å². The van der Waals surface area contributed by atoms with Gasteiger partial charge in [0.15, 0.2) is 0 Å². The van der Waals surface area contributed by atoms with Crippen LogP contribution in [0.15, 0.2) is 23.1 Å². The highest BCUT2D eigenvalue weighted by atomic mass is 35.5. The van der Waals surface area contributed by atoms with Crippen molar-refractivity contribution in [2.24, 2.45) is 11.7 Å². The molecule has 1 aliphatic rings. The molecule has 1 aliphatic heterocycles. The smallest absolute Gasteiger partial charge is 0.237 e. The Hall–Kier alpha value is -0.710. The topological polar surface area (TPSA) is 55.1 Å². The first-order chi connectivity index (χ1) is 9.47. The molecule has 2 atom stereocenters. The van der Waals surface area contributed by atoms with Gasteiger partial charge in [-0.3, -0.25) is 4.79 Å². The zero-order valence-electron chi connectivity index (χ0n) is 11.9. The molecule has 0 fully saturated rings. The van der Waals surface area contributed by atoms with Gasteiger partial charge in [0.1, 0.15) is 0 Å². The van der Waals surface area contributed by atoms with Crippen LogP contribution in [-0.4, -0.2) is 17.7 Å². The Labute approximate surface area is 129 Å². The van der Waals surface area contributed by atoms with Crippen molar-refractivity contribution in [2.45, 2.75) is 43.7 Å². The first-order valence-corrected chi connectivity index (χ1v) is 8.32. The van der Waals surface area contributed by atoms with E-state index in [0.29, 0.717) is 17.4 Å². The number of carbonyl (C=O) groups excluding carboxylic acids is 1. The van der Waals surface area contributed by atoms with Gasteiger partial charge in [0, 0.05) is 15.7 Å². The molecule has 3 N–H and O–H groups in total. The minimum Gasteiger partial charge on any atom is -0.348 e. The number of amides is 1. The van der Waals surface area contributed by atoms with Gasteiger partial charge in [-0.15, -0.1) is 11.8 Å². The second kappa shape index (κ2) is 6.83. The summed E-state index contributed by atoms with van der Waals surface area (Å²) < 4.78 is 0. The molecule has 1 aromatic carbocycles. The highest BCUT2D eigenvalue weighted by Crippen LogP contribution is 2.37. The fraction of sp³-hybridized carbons (Fsp3) is 0.533. The van der Waals surface area contributed by atoms with Crippen LogP contribution in [0, 0.1) is 5.92 Å². The van der Waals surface area contributed by atoms with Crippen molar-refractivity contribution in [2.75, 3.05) is 5.75 Å². The summed E-state index contributed by atoms with van der Waals surface area (Å²) in [5, 5.41) is 3.78. The van der Waals surface area contributed by atoms with E-state index in [9.17, 15) is 4.79 Å². The second-order valence-electron chi connectivity index (χ2n) is 5.62. The Morgan fingerprint density at radius 2 is 2.30 bits per heavy atom. The van der Waals surface area contributed by atoms with Crippen LogP contribution in [0.3, 0.4) is 0 Å². The SMILES string of the molecule is CC(C)CC(N)C(=O)NC1CCSc2ccc(Cl)cc21. The van der Waals surface area contributed by atoms with Gasteiger partial charge in [-0.2, -0.15) is 0 Å². The molecule has 2 rings (SSSR count). The lowest BCUT2D eigenvalue weighted by Gasteiger charge is -2.27. The van der Waals surface area contributed by atoms with Crippen LogP contribution >= 0.6 is 23.4 Å². The Balaban J connectivity index is 2.08. The minimum absolute atomic E-state index is 0.0238. The van der Waals surface area contributed by atoms with Crippen LogP contribution in [0.5, 0.6) is 0 Å². The van der Waals surface area contributed by atoms with Crippen LogP contribution in [0.25, 0.3) is 0 Å². The summed E-state index contributed by atoms with van der Waals surface area (Å²) in [6.45, 7) is 4.14. The zero-order chi connectivity index (χ0) is 14.7. The van der Waals surface area contributed by atoms with E-state index in [1.54, 1.807) is 11.8 Å². The summed E-state index contributed by atoms with van der Waals surface area (Å²) in [4.78, 5) is 13.4. The van der Waals surface area contributed by atoms with Gasteiger partial charge >= 0.3 is 0 Å². The summed E-state index contributed by atoms with van der Waals surface area (Å²) in [5.41, 5.74) is 7.05. The number of benzene rings is 1. The maximum Gasteiger partial charge on any atom is 0.237 e. The fourth-order valence-corrected chi connectivity index (χ4v) is 3.70. The minimum atomic E-state index is -0.438. The van der Waals surface area contributed by atoms with Gasteiger partial charge in [0.05, 0.1) is 12.1 Å². The summed E-state index contributed by atoms with van der Waals surface area (Å²) in [5.74, 6) is 1.35. The van der Waals surface area contributed by atoms with Crippen molar-refractivity contribution in [3.8, 4) is 0 Å². The molecule has 0 bridgehead atoms. The lowest BCUT2D eigenvalue weighted by Crippen LogP contribution is -2.43. The summed E-state index contributed by atoms with van der Waals surface area (Å²) in [6.07, 6.45) is 1.62. The molecule has 0 saturated heterocycles. The standard InChI is InChI=1S/C15H21ClN2OS/c1-9(2)7-12(17)15(19)18-13-5-6-20-14-4-3-10(16)8-11(13)14/h3-4,8-9,12-13H,5-7,17H2,1-2H3,(H,18,19). The highest BCUT2D eigenvalue weighted by Gasteiger charge is 2.25. The summed E-state index contributed by atoms with van der Waals surface area (Å²) in [7, 11) is 0. The maximum absolute atomic E-state index is 12.2. The van der Waals surface area contributed by atoms with Gasteiger partial charge < -0.3 is 11.1 Å². The van der Waals surface area contributed by atoms with Crippen LogP contribution in [0.1, 0.15) is 38.3 Å². The van der Waals surface area contributed by atoms with Gasteiger partial charge in [0.2, 0.25) is 5.91 Å². The number of halogens is 1. The van der Waals surface area contributed by atoms with Crippen molar-refractivity contribution < 1.29 is 4.79 Å². The molecule has 0 aromatic heterocycles. The molecule has 1 aromatic rings. The van der Waals surface area contributed by atoms with Crippen molar-refractivity contribution in [1.82, 2.24) is 5.32 Å². The van der Waals surface area contributed by atoms with E-state index in [4.69, 9.17) is 17.3 Å². The number of nitrogens with two attached hydrogens (primary N) is 1.